The third-order valence-electron chi connectivity index (χ3n) is 1.83. The number of rotatable bonds is 3. The van der Waals surface area contributed by atoms with Gasteiger partial charge in [0.25, 0.3) is 0 Å². The molecule has 0 saturated carbocycles. The van der Waals surface area contributed by atoms with Crippen molar-refractivity contribution in [3.05, 3.63) is 17.6 Å². The monoisotopic (exact) mass is 165 g/mol. The first kappa shape index (κ1) is 8.97. The molecule has 1 N–H and O–H groups in total. The van der Waals surface area contributed by atoms with Gasteiger partial charge in [-0.15, -0.1) is 0 Å². The molecule has 1 aromatic rings. The molecule has 3 nitrogen and oxygen atoms in total. The summed E-state index contributed by atoms with van der Waals surface area (Å²) in [5.74, 6) is 0.898. The van der Waals surface area contributed by atoms with E-state index < -0.39 is 0 Å². The molecule has 1 aromatic heterocycles. The van der Waals surface area contributed by atoms with E-state index in [4.69, 9.17) is 0 Å². The van der Waals surface area contributed by atoms with Gasteiger partial charge < -0.3 is 5.32 Å². The van der Waals surface area contributed by atoms with Crippen LogP contribution < -0.4 is 5.32 Å². The van der Waals surface area contributed by atoms with Gasteiger partial charge in [0.05, 0.1) is 17.6 Å². The summed E-state index contributed by atoms with van der Waals surface area (Å²) in [5.41, 5.74) is 2.11. The molecule has 0 bridgehead atoms. The first-order valence-corrected chi connectivity index (χ1v) is 4.34. The SMILES string of the molecule is CCc1cnc(NC)c(CC)n1. The van der Waals surface area contributed by atoms with Gasteiger partial charge in [0.1, 0.15) is 5.82 Å². The Kier molecular flexibility index (Phi) is 3.02. The third kappa shape index (κ3) is 1.72. The summed E-state index contributed by atoms with van der Waals surface area (Å²) in [6.45, 7) is 4.17. The predicted molar refractivity (Wildman–Crippen MR) is 50.3 cm³/mol. The highest BCUT2D eigenvalue weighted by atomic mass is 15.0. The van der Waals surface area contributed by atoms with Crippen molar-refractivity contribution < 1.29 is 0 Å². The quantitative estimate of drug-likeness (QED) is 0.740. The number of nitrogens with zero attached hydrogens (tertiary/aromatic N) is 2. The first-order valence-electron chi connectivity index (χ1n) is 4.34. The van der Waals surface area contributed by atoms with Crippen LogP contribution in [0.1, 0.15) is 25.2 Å². The van der Waals surface area contributed by atoms with Gasteiger partial charge >= 0.3 is 0 Å². The highest BCUT2D eigenvalue weighted by molar-refractivity contribution is 5.39. The van der Waals surface area contributed by atoms with Gasteiger partial charge in [0, 0.05) is 7.05 Å². The zero-order valence-electron chi connectivity index (χ0n) is 7.89. The minimum Gasteiger partial charge on any atom is -0.372 e. The first-order chi connectivity index (χ1) is 5.81. The highest BCUT2D eigenvalue weighted by Crippen LogP contribution is 2.09. The molecule has 0 spiro atoms. The third-order valence-corrected chi connectivity index (χ3v) is 1.83. The van der Waals surface area contributed by atoms with Gasteiger partial charge in [0.2, 0.25) is 0 Å². The van der Waals surface area contributed by atoms with Crippen LogP contribution in [-0.4, -0.2) is 17.0 Å². The second-order valence-corrected chi connectivity index (χ2v) is 2.61. The normalized spacial score (nSPS) is 9.92. The Morgan fingerprint density at radius 3 is 2.58 bits per heavy atom. The van der Waals surface area contributed by atoms with Crippen LogP contribution in [0.3, 0.4) is 0 Å². The average Bonchev–Trinajstić information content (AvgIpc) is 2.16. The van der Waals surface area contributed by atoms with Crippen LogP contribution in [0.25, 0.3) is 0 Å². The van der Waals surface area contributed by atoms with Gasteiger partial charge in [-0.25, -0.2) is 4.98 Å². The Hall–Kier alpha value is -1.12. The second kappa shape index (κ2) is 4.04. The predicted octanol–water partition coefficient (Wildman–Crippen LogP) is 1.64. The molecule has 1 heterocycles. The molecule has 3 heteroatoms. The molecule has 0 radical (unpaired) electrons. The Morgan fingerprint density at radius 1 is 1.33 bits per heavy atom. The number of aromatic nitrogens is 2. The van der Waals surface area contributed by atoms with Crippen molar-refractivity contribution in [3.8, 4) is 0 Å². The molecule has 0 amide bonds. The van der Waals surface area contributed by atoms with E-state index in [9.17, 15) is 0 Å². The lowest BCUT2D eigenvalue weighted by Gasteiger charge is -2.05. The molecule has 12 heavy (non-hydrogen) atoms. The topological polar surface area (TPSA) is 37.8 Å². The number of nitrogens with one attached hydrogen (secondary N) is 1. The van der Waals surface area contributed by atoms with E-state index in [1.54, 1.807) is 0 Å². The van der Waals surface area contributed by atoms with Crippen molar-refractivity contribution in [2.75, 3.05) is 12.4 Å². The van der Waals surface area contributed by atoms with Crippen LogP contribution in [0.2, 0.25) is 0 Å². The minimum atomic E-state index is 0.898. The van der Waals surface area contributed by atoms with Crippen LogP contribution in [0.4, 0.5) is 5.82 Å². The van der Waals surface area contributed by atoms with Crippen LogP contribution in [0, 0.1) is 0 Å². The maximum Gasteiger partial charge on any atom is 0.147 e. The van der Waals surface area contributed by atoms with Crippen LogP contribution >= 0.6 is 0 Å². The van der Waals surface area contributed by atoms with Crippen LogP contribution in [0.5, 0.6) is 0 Å². The van der Waals surface area contributed by atoms with Crippen molar-refractivity contribution >= 4 is 5.82 Å². The van der Waals surface area contributed by atoms with Gasteiger partial charge in [0.15, 0.2) is 0 Å². The highest BCUT2D eigenvalue weighted by Gasteiger charge is 2.02. The van der Waals surface area contributed by atoms with E-state index in [1.807, 2.05) is 13.2 Å². The van der Waals surface area contributed by atoms with E-state index in [1.165, 1.54) is 0 Å². The fraction of sp³-hybridized carbons (Fsp3) is 0.556. The molecule has 0 unspecified atom stereocenters. The Labute approximate surface area is 73.2 Å². The Balaban J connectivity index is 3.02. The lowest BCUT2D eigenvalue weighted by molar-refractivity contribution is 0.924. The van der Waals surface area contributed by atoms with Crippen molar-refractivity contribution in [3.63, 3.8) is 0 Å². The molecule has 0 aliphatic rings. The molecule has 0 atom stereocenters. The van der Waals surface area contributed by atoms with E-state index in [0.717, 1.165) is 30.0 Å². The number of anilines is 1. The number of hydrogen-bond acceptors (Lipinski definition) is 3. The van der Waals surface area contributed by atoms with E-state index >= 15 is 0 Å². The number of hydrogen-bond donors (Lipinski definition) is 1. The fourth-order valence-corrected chi connectivity index (χ4v) is 1.09. The van der Waals surface area contributed by atoms with Crippen molar-refractivity contribution in [1.29, 1.82) is 0 Å². The lowest BCUT2D eigenvalue weighted by atomic mass is 10.3. The minimum absolute atomic E-state index is 0.898. The Bertz CT molecular complexity index is 258. The van der Waals surface area contributed by atoms with Gasteiger partial charge in [-0.05, 0) is 12.8 Å². The molecule has 0 aromatic carbocycles. The maximum atomic E-state index is 4.46. The molecule has 1 rings (SSSR count). The standard InChI is InChI=1S/C9H15N3/c1-4-7-6-11-9(10-3)8(5-2)12-7/h6H,4-5H2,1-3H3,(H,10,11). The molecular formula is C9H15N3. The molecule has 0 saturated heterocycles. The van der Waals surface area contributed by atoms with Gasteiger partial charge in [-0.1, -0.05) is 13.8 Å². The zero-order chi connectivity index (χ0) is 8.97. The summed E-state index contributed by atoms with van der Waals surface area (Å²) in [6.07, 6.45) is 3.70. The zero-order valence-corrected chi connectivity index (χ0v) is 7.89. The lowest BCUT2D eigenvalue weighted by Crippen LogP contribution is -2.02. The van der Waals surface area contributed by atoms with Crippen LogP contribution in [0.15, 0.2) is 6.20 Å². The van der Waals surface area contributed by atoms with E-state index in [-0.39, 0.29) is 0 Å². The average molecular weight is 165 g/mol. The fourth-order valence-electron chi connectivity index (χ4n) is 1.09. The maximum absolute atomic E-state index is 4.46. The summed E-state index contributed by atoms with van der Waals surface area (Å²) in [5, 5.41) is 3.02. The smallest absolute Gasteiger partial charge is 0.147 e. The molecular weight excluding hydrogens is 150 g/mol. The van der Waals surface area contributed by atoms with E-state index in [0.29, 0.717) is 0 Å². The van der Waals surface area contributed by atoms with Crippen molar-refractivity contribution in [2.24, 2.45) is 0 Å². The summed E-state index contributed by atoms with van der Waals surface area (Å²) < 4.78 is 0. The number of aryl methyl sites for hydroxylation is 2. The Morgan fingerprint density at radius 2 is 2.08 bits per heavy atom. The second-order valence-electron chi connectivity index (χ2n) is 2.61. The van der Waals surface area contributed by atoms with Crippen LogP contribution in [-0.2, 0) is 12.8 Å². The van der Waals surface area contributed by atoms with E-state index in [2.05, 4.69) is 29.1 Å². The molecule has 0 aliphatic carbocycles. The summed E-state index contributed by atoms with van der Waals surface area (Å²) in [7, 11) is 1.87. The van der Waals surface area contributed by atoms with Crippen molar-refractivity contribution in [2.45, 2.75) is 26.7 Å². The molecule has 0 fully saturated rings. The molecule has 66 valence electrons. The summed E-state index contributed by atoms with van der Waals surface area (Å²) in [4.78, 5) is 8.72. The summed E-state index contributed by atoms with van der Waals surface area (Å²) >= 11 is 0. The summed E-state index contributed by atoms with van der Waals surface area (Å²) in [6, 6.07) is 0. The van der Waals surface area contributed by atoms with Gasteiger partial charge in [-0.3, -0.25) is 4.98 Å². The van der Waals surface area contributed by atoms with Gasteiger partial charge in [-0.2, -0.15) is 0 Å². The molecule has 0 aliphatic heterocycles. The largest absolute Gasteiger partial charge is 0.372 e. The van der Waals surface area contributed by atoms with Crippen molar-refractivity contribution in [1.82, 2.24) is 9.97 Å².